The van der Waals surface area contributed by atoms with Crippen molar-refractivity contribution in [3.8, 4) is 0 Å². The molecule has 0 N–H and O–H groups in total. The number of carboxylic acids is 2. The summed E-state index contributed by atoms with van der Waals surface area (Å²) < 4.78 is 7.51. The van der Waals surface area contributed by atoms with Gasteiger partial charge in [-0.25, -0.2) is 0 Å². The molecule has 0 saturated carbocycles. The SMILES string of the molecule is COC(C)(CC(=O)[O-])C(=O)[O-].c1cc[c]([Sn+2][c]2ccccc2)cc1. The molecule has 0 bridgehead atoms. The Bertz CT molecular complexity index is 607. The molecule has 5 nitrogen and oxygen atoms in total. The van der Waals surface area contributed by atoms with Crippen molar-refractivity contribution in [2.24, 2.45) is 0 Å². The van der Waals surface area contributed by atoms with Crippen molar-refractivity contribution >= 4 is 40.2 Å². The average Bonchev–Trinajstić information content (AvgIpc) is 2.56. The molecule has 1 unspecified atom stereocenters. The van der Waals surface area contributed by atoms with E-state index in [0.717, 1.165) is 14.0 Å². The normalized spacial score (nSPS) is 12.1. The number of methoxy groups -OCH3 is 1. The second-order valence-corrected chi connectivity index (χ2v) is 9.14. The summed E-state index contributed by atoms with van der Waals surface area (Å²) >= 11 is -0.517. The van der Waals surface area contributed by atoms with Crippen LogP contribution in [0.1, 0.15) is 13.3 Å². The van der Waals surface area contributed by atoms with Gasteiger partial charge in [-0.05, 0) is 6.92 Å². The molecule has 0 radical (unpaired) electrons. The number of carboxylic acid groups (broad SMARTS) is 2. The zero-order chi connectivity index (χ0) is 18.0. The summed E-state index contributed by atoms with van der Waals surface area (Å²) in [5, 5.41) is 20.3. The van der Waals surface area contributed by atoms with Crippen molar-refractivity contribution in [3.05, 3.63) is 60.7 Å². The number of aliphatic carboxylic acids is 2. The number of hydrogen-bond donors (Lipinski definition) is 0. The van der Waals surface area contributed by atoms with Gasteiger partial charge in [-0.2, -0.15) is 0 Å². The van der Waals surface area contributed by atoms with Crippen LogP contribution in [0.25, 0.3) is 0 Å². The number of ether oxygens (including phenoxy) is 1. The van der Waals surface area contributed by atoms with Crippen LogP contribution in [0, 0.1) is 0 Å². The number of rotatable bonds is 6. The average molecular weight is 433 g/mol. The Balaban J connectivity index is 0.000000245. The van der Waals surface area contributed by atoms with Gasteiger partial charge in [0.05, 0.1) is 5.97 Å². The number of benzene rings is 2. The molecule has 0 spiro atoms. The molecule has 0 aromatic heterocycles. The first kappa shape index (κ1) is 20.2. The fraction of sp³-hybridized carbons (Fsp3) is 0.222. The molecule has 2 rings (SSSR count). The van der Waals surface area contributed by atoms with Crippen LogP contribution < -0.4 is 17.4 Å². The fourth-order valence-corrected chi connectivity index (χ4v) is 4.71. The Hall–Kier alpha value is -1.86. The van der Waals surface area contributed by atoms with Crippen LogP contribution >= 0.6 is 0 Å². The van der Waals surface area contributed by atoms with Crippen molar-refractivity contribution in [3.63, 3.8) is 0 Å². The van der Waals surface area contributed by atoms with Crippen LogP contribution in [-0.2, 0) is 14.3 Å². The van der Waals surface area contributed by atoms with Gasteiger partial charge in [-0.15, -0.1) is 0 Å². The molecule has 0 aliphatic heterocycles. The molecule has 0 heterocycles. The Kier molecular flexibility index (Phi) is 8.49. The molecule has 124 valence electrons. The summed E-state index contributed by atoms with van der Waals surface area (Å²) in [5.74, 6) is -3.05. The van der Waals surface area contributed by atoms with Gasteiger partial charge in [-0.3, -0.25) is 0 Å². The Morgan fingerprint density at radius 3 is 1.62 bits per heavy atom. The molecule has 0 aliphatic rings. The minimum absolute atomic E-state index is 0.517. The molecule has 0 aliphatic carbocycles. The predicted octanol–water partition coefficient (Wildman–Crippen LogP) is -1.38. The topological polar surface area (TPSA) is 89.5 Å². The van der Waals surface area contributed by atoms with E-state index < -0.39 is 45.1 Å². The van der Waals surface area contributed by atoms with Crippen molar-refractivity contribution in [2.75, 3.05) is 7.11 Å². The second kappa shape index (κ2) is 10.1. The summed E-state index contributed by atoms with van der Waals surface area (Å²) in [6.07, 6.45) is -0.716. The molecule has 0 amide bonds. The van der Waals surface area contributed by atoms with E-state index in [0.29, 0.717) is 0 Å². The number of carbonyl (C=O) groups excluding carboxylic acids is 2. The fourth-order valence-electron chi connectivity index (χ4n) is 1.71. The van der Waals surface area contributed by atoms with Gasteiger partial charge < -0.3 is 24.5 Å². The molecule has 0 fully saturated rings. The van der Waals surface area contributed by atoms with Crippen LogP contribution in [0.5, 0.6) is 0 Å². The van der Waals surface area contributed by atoms with Gasteiger partial charge in [0.1, 0.15) is 5.60 Å². The molecule has 2 aromatic carbocycles. The van der Waals surface area contributed by atoms with Crippen molar-refractivity contribution in [2.45, 2.75) is 18.9 Å². The summed E-state index contributed by atoms with van der Waals surface area (Å²) in [7, 11) is 1.10. The summed E-state index contributed by atoms with van der Waals surface area (Å²) in [5.41, 5.74) is -1.79. The molecular weight excluding hydrogens is 415 g/mol. The van der Waals surface area contributed by atoms with Crippen molar-refractivity contribution in [1.29, 1.82) is 0 Å². The first-order valence-electron chi connectivity index (χ1n) is 7.21. The third-order valence-electron chi connectivity index (χ3n) is 3.20. The third-order valence-corrected chi connectivity index (χ3v) is 6.75. The molecule has 2 aromatic rings. The number of carbonyl (C=O) groups is 2. The van der Waals surface area contributed by atoms with Crippen LogP contribution in [-0.4, -0.2) is 45.8 Å². The predicted molar refractivity (Wildman–Crippen MR) is 88.0 cm³/mol. The monoisotopic (exact) mass is 434 g/mol. The van der Waals surface area contributed by atoms with Gasteiger partial charge in [0.15, 0.2) is 0 Å². The van der Waals surface area contributed by atoms with E-state index in [1.54, 1.807) is 0 Å². The van der Waals surface area contributed by atoms with Gasteiger partial charge in [0, 0.05) is 19.5 Å². The summed E-state index contributed by atoms with van der Waals surface area (Å²) in [6.45, 7) is 1.11. The first-order valence-corrected chi connectivity index (χ1v) is 10.1. The van der Waals surface area contributed by atoms with Crippen molar-refractivity contribution in [1.82, 2.24) is 0 Å². The van der Waals surface area contributed by atoms with Crippen LogP contribution in [0.4, 0.5) is 0 Å². The zero-order valence-electron chi connectivity index (χ0n) is 13.5. The summed E-state index contributed by atoms with van der Waals surface area (Å²) in [4.78, 5) is 20.3. The maximum atomic E-state index is 10.3. The van der Waals surface area contributed by atoms with Crippen LogP contribution in [0.2, 0.25) is 0 Å². The van der Waals surface area contributed by atoms with E-state index in [9.17, 15) is 19.8 Å². The van der Waals surface area contributed by atoms with Gasteiger partial charge >= 0.3 is 89.0 Å². The van der Waals surface area contributed by atoms with E-state index in [1.165, 1.54) is 7.16 Å². The van der Waals surface area contributed by atoms with E-state index in [2.05, 4.69) is 65.4 Å². The zero-order valence-corrected chi connectivity index (χ0v) is 16.4. The maximum absolute atomic E-state index is 10.3. The van der Waals surface area contributed by atoms with E-state index in [1.807, 2.05) is 0 Å². The Morgan fingerprint density at radius 1 is 0.958 bits per heavy atom. The third kappa shape index (κ3) is 7.14. The second-order valence-electron chi connectivity index (χ2n) is 5.13. The van der Waals surface area contributed by atoms with E-state index in [4.69, 9.17) is 0 Å². The quantitative estimate of drug-likeness (QED) is 0.525. The van der Waals surface area contributed by atoms with Gasteiger partial charge in [0.2, 0.25) is 0 Å². The molecule has 6 heteroatoms. The first-order chi connectivity index (χ1) is 11.4. The van der Waals surface area contributed by atoms with E-state index in [-0.39, 0.29) is 0 Å². The Morgan fingerprint density at radius 2 is 1.38 bits per heavy atom. The van der Waals surface area contributed by atoms with Crippen LogP contribution in [0.15, 0.2) is 60.7 Å². The Labute approximate surface area is 151 Å². The number of hydrogen-bond acceptors (Lipinski definition) is 5. The molecule has 24 heavy (non-hydrogen) atoms. The minimum atomic E-state index is -1.79. The van der Waals surface area contributed by atoms with E-state index >= 15 is 0 Å². The molecule has 1 atom stereocenters. The molecule has 0 saturated heterocycles. The van der Waals surface area contributed by atoms with Gasteiger partial charge in [-0.1, -0.05) is 0 Å². The summed E-state index contributed by atoms with van der Waals surface area (Å²) in [6, 6.07) is 21.6. The standard InChI is InChI=1S/C6H10O5.2C6H5.Sn/c1-6(11-2,5(9)10)3-4(7)8;2*1-2-4-6-5-3-1;/h3H2,1-2H3,(H,7,8)(H,9,10);2*1-5H;/q;;;+2/p-2. The van der Waals surface area contributed by atoms with Crippen LogP contribution in [0.3, 0.4) is 0 Å². The van der Waals surface area contributed by atoms with Gasteiger partial charge in [0.25, 0.3) is 0 Å². The van der Waals surface area contributed by atoms with Crippen molar-refractivity contribution < 1.29 is 24.5 Å². The molecular formula is C18H18O5Sn.